The van der Waals surface area contributed by atoms with Crippen molar-refractivity contribution in [3.63, 3.8) is 0 Å². The van der Waals surface area contributed by atoms with Crippen LogP contribution in [0.4, 0.5) is 0 Å². The quantitative estimate of drug-likeness (QED) is 0.681. The fourth-order valence-corrected chi connectivity index (χ4v) is 1.31. The van der Waals surface area contributed by atoms with Gasteiger partial charge >= 0.3 is 0 Å². The van der Waals surface area contributed by atoms with Crippen LogP contribution in [0, 0.1) is 13.8 Å². The molecule has 0 aliphatic heterocycles. The van der Waals surface area contributed by atoms with E-state index in [1.807, 2.05) is 25.1 Å². The van der Waals surface area contributed by atoms with E-state index in [0.717, 1.165) is 17.0 Å². The van der Waals surface area contributed by atoms with Crippen molar-refractivity contribution in [2.45, 2.75) is 13.8 Å². The molecule has 2 nitrogen and oxygen atoms in total. The van der Waals surface area contributed by atoms with Gasteiger partial charge in [-0.3, -0.25) is 9.97 Å². The molecule has 0 fully saturated rings. The second-order valence-electron chi connectivity index (χ2n) is 3.33. The number of hydrogen-bond donors (Lipinski definition) is 0. The third-order valence-corrected chi connectivity index (χ3v) is 2.33. The molecule has 0 unspecified atom stereocenters. The summed E-state index contributed by atoms with van der Waals surface area (Å²) in [5, 5.41) is 0. The fourth-order valence-electron chi connectivity index (χ4n) is 1.31. The van der Waals surface area contributed by atoms with E-state index in [0.29, 0.717) is 0 Å². The van der Waals surface area contributed by atoms with Gasteiger partial charge in [0.2, 0.25) is 0 Å². The lowest BCUT2D eigenvalue weighted by atomic mass is 10.1. The Morgan fingerprint density at radius 3 is 2.29 bits per heavy atom. The van der Waals surface area contributed by atoms with E-state index in [1.165, 1.54) is 5.56 Å². The topological polar surface area (TPSA) is 25.8 Å². The first-order valence-corrected chi connectivity index (χ1v) is 4.62. The highest BCUT2D eigenvalue weighted by atomic mass is 14.7. The van der Waals surface area contributed by atoms with Crippen LogP contribution in [0.25, 0.3) is 11.3 Å². The molecule has 2 heterocycles. The Morgan fingerprint density at radius 1 is 0.929 bits per heavy atom. The van der Waals surface area contributed by atoms with E-state index in [9.17, 15) is 0 Å². The molecule has 70 valence electrons. The Balaban J connectivity index is 2.48. The summed E-state index contributed by atoms with van der Waals surface area (Å²) >= 11 is 0. The summed E-state index contributed by atoms with van der Waals surface area (Å²) in [6.07, 6.45) is 3.57. The molecule has 0 saturated carbocycles. The molecule has 0 aliphatic carbocycles. The van der Waals surface area contributed by atoms with Gasteiger partial charge in [0.25, 0.3) is 0 Å². The first kappa shape index (κ1) is 8.88. The maximum atomic E-state index is 4.52. The van der Waals surface area contributed by atoms with Gasteiger partial charge in [0.15, 0.2) is 0 Å². The molecule has 2 aromatic heterocycles. The molecule has 0 aromatic carbocycles. The van der Waals surface area contributed by atoms with Crippen LogP contribution in [-0.4, -0.2) is 9.97 Å². The second-order valence-corrected chi connectivity index (χ2v) is 3.33. The van der Waals surface area contributed by atoms with Gasteiger partial charge in [0, 0.05) is 23.7 Å². The van der Waals surface area contributed by atoms with Gasteiger partial charge in [-0.1, -0.05) is 6.07 Å². The lowest BCUT2D eigenvalue weighted by Crippen LogP contribution is -1.89. The van der Waals surface area contributed by atoms with Crippen molar-refractivity contribution in [3.05, 3.63) is 47.9 Å². The van der Waals surface area contributed by atoms with Crippen molar-refractivity contribution >= 4 is 0 Å². The smallest absolute Gasteiger partial charge is 0.0706 e. The van der Waals surface area contributed by atoms with Crippen molar-refractivity contribution in [2.75, 3.05) is 0 Å². The average Bonchev–Trinajstić information content (AvgIpc) is 2.23. The predicted octanol–water partition coefficient (Wildman–Crippen LogP) is 2.76. The lowest BCUT2D eigenvalue weighted by Gasteiger charge is -2.03. The standard InChI is InChI=1S/C12H12N2/c1-9-3-4-12(14-10(9)2)11-5-7-13-8-6-11/h3-8H,1-2H3. The van der Waals surface area contributed by atoms with Gasteiger partial charge in [-0.2, -0.15) is 0 Å². The normalized spacial score (nSPS) is 10.1. The Labute approximate surface area is 83.7 Å². The molecule has 0 N–H and O–H groups in total. The van der Waals surface area contributed by atoms with E-state index in [-0.39, 0.29) is 0 Å². The average molecular weight is 184 g/mol. The molecular formula is C12H12N2. The minimum Gasteiger partial charge on any atom is -0.265 e. The van der Waals surface area contributed by atoms with Crippen molar-refractivity contribution in [1.29, 1.82) is 0 Å². The summed E-state index contributed by atoms with van der Waals surface area (Å²) in [6.45, 7) is 4.10. The summed E-state index contributed by atoms with van der Waals surface area (Å²) in [5.41, 5.74) is 4.43. The maximum Gasteiger partial charge on any atom is 0.0706 e. The molecule has 2 aromatic rings. The van der Waals surface area contributed by atoms with Crippen molar-refractivity contribution in [3.8, 4) is 11.3 Å². The molecule has 2 heteroatoms. The van der Waals surface area contributed by atoms with Crippen LogP contribution in [-0.2, 0) is 0 Å². The third kappa shape index (κ3) is 1.64. The molecule has 0 aliphatic rings. The van der Waals surface area contributed by atoms with E-state index < -0.39 is 0 Å². The van der Waals surface area contributed by atoms with E-state index in [1.54, 1.807) is 12.4 Å². The molecule has 0 amide bonds. The summed E-state index contributed by atoms with van der Waals surface area (Å²) in [6, 6.07) is 8.07. The van der Waals surface area contributed by atoms with Crippen LogP contribution in [0.3, 0.4) is 0 Å². The minimum atomic E-state index is 1.01. The fraction of sp³-hybridized carbons (Fsp3) is 0.167. The van der Waals surface area contributed by atoms with Crippen molar-refractivity contribution in [2.24, 2.45) is 0 Å². The number of aromatic nitrogens is 2. The van der Waals surface area contributed by atoms with Gasteiger partial charge in [-0.15, -0.1) is 0 Å². The molecule has 0 atom stereocenters. The highest BCUT2D eigenvalue weighted by molar-refractivity contribution is 5.58. The first-order chi connectivity index (χ1) is 6.77. The zero-order chi connectivity index (χ0) is 9.97. The SMILES string of the molecule is Cc1ccc(-c2ccncc2)nc1C. The van der Waals surface area contributed by atoms with Crippen molar-refractivity contribution < 1.29 is 0 Å². The summed E-state index contributed by atoms with van der Waals surface area (Å²) in [5.74, 6) is 0. The monoisotopic (exact) mass is 184 g/mol. The molecule has 14 heavy (non-hydrogen) atoms. The Kier molecular flexibility index (Phi) is 2.27. The molecule has 2 rings (SSSR count). The Hall–Kier alpha value is -1.70. The van der Waals surface area contributed by atoms with Crippen LogP contribution in [0.15, 0.2) is 36.7 Å². The predicted molar refractivity (Wildman–Crippen MR) is 56.9 cm³/mol. The summed E-state index contributed by atoms with van der Waals surface area (Å²) < 4.78 is 0. The van der Waals surface area contributed by atoms with Crippen LogP contribution >= 0.6 is 0 Å². The van der Waals surface area contributed by atoms with Gasteiger partial charge in [0.05, 0.1) is 5.69 Å². The first-order valence-electron chi connectivity index (χ1n) is 4.62. The van der Waals surface area contributed by atoms with Crippen LogP contribution in [0.1, 0.15) is 11.3 Å². The largest absolute Gasteiger partial charge is 0.265 e. The molecule has 0 radical (unpaired) electrons. The van der Waals surface area contributed by atoms with Gasteiger partial charge in [-0.05, 0) is 37.6 Å². The second kappa shape index (κ2) is 3.58. The van der Waals surface area contributed by atoms with Crippen LogP contribution < -0.4 is 0 Å². The number of aryl methyl sites for hydroxylation is 2. The third-order valence-electron chi connectivity index (χ3n) is 2.33. The maximum absolute atomic E-state index is 4.52. The molecular weight excluding hydrogens is 172 g/mol. The highest BCUT2D eigenvalue weighted by Gasteiger charge is 1.99. The highest BCUT2D eigenvalue weighted by Crippen LogP contribution is 2.17. The Bertz CT molecular complexity index is 435. The van der Waals surface area contributed by atoms with E-state index >= 15 is 0 Å². The summed E-state index contributed by atoms with van der Waals surface area (Å²) in [7, 11) is 0. The van der Waals surface area contributed by atoms with E-state index in [2.05, 4.69) is 23.0 Å². The summed E-state index contributed by atoms with van der Waals surface area (Å²) in [4.78, 5) is 8.50. The number of nitrogens with zero attached hydrogens (tertiary/aromatic N) is 2. The van der Waals surface area contributed by atoms with E-state index in [4.69, 9.17) is 0 Å². The zero-order valence-electron chi connectivity index (χ0n) is 8.36. The van der Waals surface area contributed by atoms with Gasteiger partial charge in [-0.25, -0.2) is 0 Å². The molecule has 0 bridgehead atoms. The number of rotatable bonds is 1. The minimum absolute atomic E-state index is 1.01. The van der Waals surface area contributed by atoms with Crippen LogP contribution in [0.2, 0.25) is 0 Å². The van der Waals surface area contributed by atoms with Gasteiger partial charge in [0.1, 0.15) is 0 Å². The van der Waals surface area contributed by atoms with Gasteiger partial charge < -0.3 is 0 Å². The number of pyridine rings is 2. The number of hydrogen-bond acceptors (Lipinski definition) is 2. The zero-order valence-corrected chi connectivity index (χ0v) is 8.36. The lowest BCUT2D eigenvalue weighted by molar-refractivity contribution is 1.15. The molecule has 0 saturated heterocycles. The molecule has 0 spiro atoms. The van der Waals surface area contributed by atoms with Crippen molar-refractivity contribution in [1.82, 2.24) is 9.97 Å². The van der Waals surface area contributed by atoms with Crippen LogP contribution in [0.5, 0.6) is 0 Å². The Morgan fingerprint density at radius 2 is 1.64 bits per heavy atom.